The average Bonchev–Trinajstić information content (AvgIpc) is 3.16. The van der Waals surface area contributed by atoms with Gasteiger partial charge in [0.05, 0.1) is 16.6 Å². The number of carbonyl (C=O) groups excluding carboxylic acids is 1. The molecular weight excluding hydrogens is 340 g/mol. The lowest BCUT2D eigenvalue weighted by atomic mass is 9.96. The minimum atomic E-state index is -1.00. The van der Waals surface area contributed by atoms with Gasteiger partial charge in [0, 0.05) is 25.5 Å². The fraction of sp³-hybridized carbons (Fsp3) is 0.588. The Morgan fingerprint density at radius 2 is 2.12 bits per heavy atom. The Morgan fingerprint density at radius 3 is 2.80 bits per heavy atom. The van der Waals surface area contributed by atoms with Crippen LogP contribution in [0.2, 0.25) is 0 Å². The third kappa shape index (κ3) is 3.78. The molecule has 2 heterocycles. The van der Waals surface area contributed by atoms with Gasteiger partial charge in [0.25, 0.3) is 5.91 Å². The Bertz CT molecular complexity index is 776. The molecule has 136 valence electrons. The van der Waals surface area contributed by atoms with E-state index in [2.05, 4.69) is 10.00 Å². The molecular formula is C17H24N4O3S. The van der Waals surface area contributed by atoms with Crippen LogP contribution >= 0.6 is 11.3 Å². The van der Waals surface area contributed by atoms with E-state index in [9.17, 15) is 9.59 Å². The fourth-order valence-electron chi connectivity index (χ4n) is 3.28. The van der Waals surface area contributed by atoms with E-state index in [1.165, 1.54) is 37.6 Å². The number of amides is 2. The third-order valence-corrected chi connectivity index (χ3v) is 5.90. The van der Waals surface area contributed by atoms with Gasteiger partial charge in [0.1, 0.15) is 4.83 Å². The summed E-state index contributed by atoms with van der Waals surface area (Å²) >= 11 is 1.47. The van der Waals surface area contributed by atoms with Crippen molar-refractivity contribution in [2.75, 3.05) is 20.1 Å². The molecule has 2 N–H and O–H groups in total. The van der Waals surface area contributed by atoms with Gasteiger partial charge >= 0.3 is 6.09 Å². The van der Waals surface area contributed by atoms with E-state index in [1.807, 2.05) is 13.0 Å². The molecule has 2 aromatic heterocycles. The second kappa shape index (κ2) is 7.43. The Morgan fingerprint density at radius 1 is 1.40 bits per heavy atom. The van der Waals surface area contributed by atoms with Crippen molar-refractivity contribution in [3.63, 3.8) is 0 Å². The molecule has 0 bridgehead atoms. The van der Waals surface area contributed by atoms with Crippen LogP contribution in [0.3, 0.4) is 0 Å². The molecule has 25 heavy (non-hydrogen) atoms. The van der Waals surface area contributed by atoms with E-state index in [0.29, 0.717) is 17.5 Å². The minimum Gasteiger partial charge on any atom is -0.465 e. The summed E-state index contributed by atoms with van der Waals surface area (Å²) in [6.07, 6.45) is 5.07. The van der Waals surface area contributed by atoms with Crippen LogP contribution in [-0.2, 0) is 0 Å². The number of carboxylic acid groups (broad SMARTS) is 1. The number of rotatable bonds is 5. The number of thiophene rings is 1. The van der Waals surface area contributed by atoms with Crippen LogP contribution in [-0.4, -0.2) is 51.9 Å². The number of fused-ring (bicyclic) bond motifs is 1. The first-order valence-electron chi connectivity index (χ1n) is 8.68. The number of likely N-dealkylation sites (N-methyl/N-ethyl adjacent to an activating group) is 1. The average molecular weight is 364 g/mol. The van der Waals surface area contributed by atoms with Crippen molar-refractivity contribution < 1.29 is 14.7 Å². The van der Waals surface area contributed by atoms with Gasteiger partial charge in [-0.25, -0.2) is 4.79 Å². The van der Waals surface area contributed by atoms with Crippen LogP contribution in [0, 0.1) is 6.92 Å². The predicted octanol–water partition coefficient (Wildman–Crippen LogP) is 3.25. The van der Waals surface area contributed by atoms with Crippen LogP contribution in [0.5, 0.6) is 0 Å². The zero-order valence-electron chi connectivity index (χ0n) is 14.6. The maximum Gasteiger partial charge on any atom is 0.407 e. The molecule has 7 nitrogen and oxygen atoms in total. The molecule has 0 radical (unpaired) electrons. The lowest BCUT2D eigenvalue weighted by Crippen LogP contribution is -2.35. The molecule has 1 aliphatic carbocycles. The monoisotopic (exact) mass is 364 g/mol. The van der Waals surface area contributed by atoms with Gasteiger partial charge in [-0.15, -0.1) is 11.3 Å². The van der Waals surface area contributed by atoms with E-state index in [-0.39, 0.29) is 12.5 Å². The third-order valence-electron chi connectivity index (χ3n) is 4.77. The highest BCUT2D eigenvalue weighted by molar-refractivity contribution is 7.20. The van der Waals surface area contributed by atoms with Crippen molar-refractivity contribution in [2.45, 2.75) is 45.1 Å². The molecule has 0 saturated heterocycles. The van der Waals surface area contributed by atoms with Crippen LogP contribution in [0.15, 0.2) is 6.07 Å². The topological polar surface area (TPSA) is 87.5 Å². The largest absolute Gasteiger partial charge is 0.465 e. The number of aryl methyl sites for hydroxylation is 1. The Balaban J connectivity index is 1.72. The summed E-state index contributed by atoms with van der Waals surface area (Å²) in [6.45, 7) is 2.54. The summed E-state index contributed by atoms with van der Waals surface area (Å²) in [5.74, 6) is -0.158. The van der Waals surface area contributed by atoms with Gasteiger partial charge in [0.15, 0.2) is 0 Å². The van der Waals surface area contributed by atoms with Gasteiger partial charge in [-0.1, -0.05) is 19.3 Å². The highest BCUT2D eigenvalue weighted by Crippen LogP contribution is 2.35. The number of hydrogen-bond acceptors (Lipinski definition) is 4. The summed E-state index contributed by atoms with van der Waals surface area (Å²) < 4.78 is 2.11. The van der Waals surface area contributed by atoms with Crippen LogP contribution in [0.1, 0.15) is 53.5 Å². The maximum atomic E-state index is 12.4. The highest BCUT2D eigenvalue weighted by atomic mass is 32.1. The molecule has 0 aliphatic heterocycles. The standard InChI is InChI=1S/C17H24N4O3S/c1-11-13-10-14(15(22)18-8-9-20(2)17(23)24)25-16(13)21(19-11)12-6-4-3-5-7-12/h10,12H,3-9H2,1-2H3,(H,18,22)(H,23,24). The molecule has 0 atom stereocenters. The zero-order valence-corrected chi connectivity index (χ0v) is 15.4. The smallest absolute Gasteiger partial charge is 0.407 e. The van der Waals surface area contributed by atoms with Crippen molar-refractivity contribution in [1.82, 2.24) is 20.0 Å². The number of nitrogens with one attached hydrogen (secondary N) is 1. The molecule has 8 heteroatoms. The van der Waals surface area contributed by atoms with Crippen LogP contribution in [0.4, 0.5) is 4.79 Å². The molecule has 0 unspecified atom stereocenters. The first-order chi connectivity index (χ1) is 12.0. The predicted molar refractivity (Wildman–Crippen MR) is 97.5 cm³/mol. The van der Waals surface area contributed by atoms with Gasteiger partial charge in [-0.2, -0.15) is 5.10 Å². The molecule has 1 fully saturated rings. The molecule has 2 aromatic rings. The van der Waals surface area contributed by atoms with E-state index >= 15 is 0 Å². The van der Waals surface area contributed by atoms with Gasteiger partial charge in [0.2, 0.25) is 0 Å². The number of nitrogens with zero attached hydrogens (tertiary/aromatic N) is 3. The van der Waals surface area contributed by atoms with E-state index in [0.717, 1.165) is 33.7 Å². The van der Waals surface area contributed by atoms with Gasteiger partial charge in [-0.3, -0.25) is 9.48 Å². The molecule has 1 aliphatic rings. The zero-order chi connectivity index (χ0) is 18.0. The summed E-state index contributed by atoms with van der Waals surface area (Å²) in [4.78, 5) is 26.0. The first kappa shape index (κ1) is 17.7. The second-order valence-electron chi connectivity index (χ2n) is 6.61. The summed E-state index contributed by atoms with van der Waals surface area (Å²) in [5.41, 5.74) is 0.960. The number of carbonyl (C=O) groups is 2. The number of aromatic nitrogens is 2. The first-order valence-corrected chi connectivity index (χ1v) is 9.50. The molecule has 1 saturated carbocycles. The molecule has 0 spiro atoms. The molecule has 0 aromatic carbocycles. The second-order valence-corrected chi connectivity index (χ2v) is 7.64. The van der Waals surface area contributed by atoms with Crippen molar-refractivity contribution in [2.24, 2.45) is 0 Å². The van der Waals surface area contributed by atoms with Crippen molar-refractivity contribution in [3.8, 4) is 0 Å². The van der Waals surface area contributed by atoms with Crippen molar-refractivity contribution in [3.05, 3.63) is 16.6 Å². The Labute approximate surface area is 150 Å². The van der Waals surface area contributed by atoms with E-state index < -0.39 is 6.09 Å². The Kier molecular flexibility index (Phi) is 5.27. The minimum absolute atomic E-state index is 0.158. The maximum absolute atomic E-state index is 12.4. The van der Waals surface area contributed by atoms with Crippen LogP contribution in [0.25, 0.3) is 10.2 Å². The molecule has 2 amide bonds. The highest BCUT2D eigenvalue weighted by Gasteiger charge is 2.22. The van der Waals surface area contributed by atoms with Gasteiger partial charge in [-0.05, 0) is 25.8 Å². The summed E-state index contributed by atoms with van der Waals surface area (Å²) in [7, 11) is 1.48. The fourth-order valence-corrected chi connectivity index (χ4v) is 4.43. The lowest BCUT2D eigenvalue weighted by molar-refractivity contribution is 0.0951. The van der Waals surface area contributed by atoms with Crippen molar-refractivity contribution in [1.29, 1.82) is 0 Å². The van der Waals surface area contributed by atoms with E-state index in [1.54, 1.807) is 0 Å². The quantitative estimate of drug-likeness (QED) is 0.852. The lowest BCUT2D eigenvalue weighted by Gasteiger charge is -2.22. The van der Waals surface area contributed by atoms with Gasteiger partial charge < -0.3 is 15.3 Å². The summed E-state index contributed by atoms with van der Waals surface area (Å²) in [5, 5.41) is 17.4. The normalized spacial score (nSPS) is 15.4. The number of hydrogen-bond donors (Lipinski definition) is 2. The van der Waals surface area contributed by atoms with E-state index in [4.69, 9.17) is 10.2 Å². The van der Waals surface area contributed by atoms with Crippen LogP contribution < -0.4 is 5.32 Å². The SMILES string of the molecule is Cc1nn(C2CCCCC2)c2sc(C(=O)NCCN(C)C(=O)O)cc12. The van der Waals surface area contributed by atoms with Crippen molar-refractivity contribution >= 4 is 33.6 Å². The summed E-state index contributed by atoms with van der Waals surface area (Å²) in [6, 6.07) is 2.33. The molecule has 3 rings (SSSR count). The Hall–Kier alpha value is -2.09.